The van der Waals surface area contributed by atoms with Gasteiger partial charge < -0.3 is 4.74 Å². The molecule has 0 unspecified atom stereocenters. The molecule has 1 atom stereocenters. The third-order valence-corrected chi connectivity index (χ3v) is 3.67. The van der Waals surface area contributed by atoms with Crippen LogP contribution >= 0.6 is 0 Å². The quantitative estimate of drug-likeness (QED) is 0.721. The van der Waals surface area contributed by atoms with Crippen LogP contribution in [0.3, 0.4) is 0 Å². The van der Waals surface area contributed by atoms with E-state index in [2.05, 4.69) is 4.72 Å². The highest BCUT2D eigenvalue weighted by Gasteiger charge is 2.26. The minimum absolute atomic E-state index is 0.0201. The molecule has 0 amide bonds. The summed E-state index contributed by atoms with van der Waals surface area (Å²) in [6.45, 7) is 1.87. The van der Waals surface area contributed by atoms with E-state index >= 15 is 0 Å². The Morgan fingerprint density at radius 3 is 3.00 bits per heavy atom. The third-order valence-electron chi connectivity index (χ3n) is 2.04. The summed E-state index contributed by atoms with van der Waals surface area (Å²) in [4.78, 5) is -0.0201. The second-order valence-corrected chi connectivity index (χ2v) is 5.11. The average molecular weight is 231 g/mol. The SMILES string of the molecule is C[C@H]1COc2cc(F)ccc2S(=O)(=O)N1. The Labute approximate surface area is 87.1 Å². The molecule has 0 aliphatic carbocycles. The lowest BCUT2D eigenvalue weighted by Crippen LogP contribution is -2.33. The fraction of sp³-hybridized carbons (Fsp3) is 0.333. The van der Waals surface area contributed by atoms with E-state index in [1.807, 2.05) is 0 Å². The van der Waals surface area contributed by atoms with Gasteiger partial charge >= 0.3 is 0 Å². The number of benzene rings is 1. The standard InChI is InChI=1S/C9H10FNO3S/c1-6-5-14-8-4-7(10)2-3-9(8)15(12,13)11-6/h2-4,6,11H,5H2,1H3/t6-/m0/s1. The van der Waals surface area contributed by atoms with Crippen molar-refractivity contribution in [2.75, 3.05) is 6.61 Å². The topological polar surface area (TPSA) is 55.4 Å². The van der Waals surface area contributed by atoms with Gasteiger partial charge in [-0.2, -0.15) is 0 Å². The van der Waals surface area contributed by atoms with Crippen molar-refractivity contribution in [3.8, 4) is 5.75 Å². The molecule has 0 fully saturated rings. The molecule has 0 bridgehead atoms. The van der Waals surface area contributed by atoms with Gasteiger partial charge in [-0.15, -0.1) is 0 Å². The summed E-state index contributed by atoms with van der Waals surface area (Å²) in [6, 6.07) is 3.04. The largest absolute Gasteiger partial charge is 0.490 e. The van der Waals surface area contributed by atoms with Crippen molar-refractivity contribution in [1.82, 2.24) is 4.72 Å². The van der Waals surface area contributed by atoms with Crippen LogP contribution in [0.15, 0.2) is 23.1 Å². The first kappa shape index (κ1) is 10.4. The minimum atomic E-state index is -3.59. The van der Waals surface area contributed by atoms with Crippen LogP contribution in [0.2, 0.25) is 0 Å². The second-order valence-electron chi connectivity index (χ2n) is 3.42. The molecule has 1 N–H and O–H groups in total. The van der Waals surface area contributed by atoms with Gasteiger partial charge in [-0.1, -0.05) is 0 Å². The first-order valence-corrected chi connectivity index (χ1v) is 5.92. The highest BCUT2D eigenvalue weighted by atomic mass is 32.2. The summed E-state index contributed by atoms with van der Waals surface area (Å²) in [5.41, 5.74) is 0. The summed E-state index contributed by atoms with van der Waals surface area (Å²) in [5, 5.41) is 0. The van der Waals surface area contributed by atoms with Gasteiger partial charge in [-0.25, -0.2) is 17.5 Å². The number of sulfonamides is 1. The van der Waals surface area contributed by atoms with Crippen molar-refractivity contribution in [2.24, 2.45) is 0 Å². The van der Waals surface area contributed by atoms with E-state index in [0.717, 1.165) is 12.1 Å². The van der Waals surface area contributed by atoms with E-state index in [9.17, 15) is 12.8 Å². The smallest absolute Gasteiger partial charge is 0.244 e. The van der Waals surface area contributed by atoms with Gasteiger partial charge in [-0.05, 0) is 19.1 Å². The number of hydrogen-bond donors (Lipinski definition) is 1. The minimum Gasteiger partial charge on any atom is -0.490 e. The lowest BCUT2D eigenvalue weighted by Gasteiger charge is -2.06. The monoisotopic (exact) mass is 231 g/mol. The van der Waals surface area contributed by atoms with Crippen LogP contribution < -0.4 is 9.46 Å². The van der Waals surface area contributed by atoms with Crippen molar-refractivity contribution < 1.29 is 17.5 Å². The zero-order valence-corrected chi connectivity index (χ0v) is 8.84. The molecule has 2 rings (SSSR count). The van der Waals surface area contributed by atoms with Crippen LogP contribution in [0.4, 0.5) is 4.39 Å². The maximum atomic E-state index is 12.9. The molecule has 4 nitrogen and oxygen atoms in total. The van der Waals surface area contributed by atoms with Crippen molar-refractivity contribution in [2.45, 2.75) is 17.9 Å². The van der Waals surface area contributed by atoms with E-state index in [1.54, 1.807) is 6.92 Å². The fourth-order valence-corrected chi connectivity index (χ4v) is 2.75. The lowest BCUT2D eigenvalue weighted by atomic mass is 10.3. The first-order chi connectivity index (χ1) is 6.99. The van der Waals surface area contributed by atoms with Crippen molar-refractivity contribution in [3.05, 3.63) is 24.0 Å². The number of halogens is 1. The Kier molecular flexibility index (Phi) is 2.40. The maximum absolute atomic E-state index is 12.9. The average Bonchev–Trinajstić information content (AvgIpc) is 2.23. The predicted octanol–water partition coefficient (Wildman–Crippen LogP) is 0.885. The van der Waals surface area contributed by atoms with Crippen LogP contribution in [0, 0.1) is 5.82 Å². The summed E-state index contributed by atoms with van der Waals surface area (Å²) in [7, 11) is -3.59. The Morgan fingerprint density at radius 1 is 1.53 bits per heavy atom. The molecule has 15 heavy (non-hydrogen) atoms. The zero-order valence-electron chi connectivity index (χ0n) is 8.03. The molecule has 0 spiro atoms. The van der Waals surface area contributed by atoms with E-state index in [4.69, 9.17) is 4.74 Å². The van der Waals surface area contributed by atoms with Gasteiger partial charge in [0, 0.05) is 6.07 Å². The lowest BCUT2D eigenvalue weighted by molar-refractivity contribution is 0.287. The number of rotatable bonds is 0. The molecule has 1 aliphatic rings. The van der Waals surface area contributed by atoms with Crippen molar-refractivity contribution in [1.29, 1.82) is 0 Å². The van der Waals surface area contributed by atoms with Crippen LogP contribution in [0.25, 0.3) is 0 Å². The van der Waals surface area contributed by atoms with E-state index < -0.39 is 15.8 Å². The van der Waals surface area contributed by atoms with Crippen LogP contribution in [0.5, 0.6) is 5.75 Å². The molecular weight excluding hydrogens is 221 g/mol. The van der Waals surface area contributed by atoms with E-state index in [1.165, 1.54) is 6.07 Å². The third kappa shape index (κ3) is 1.95. The Morgan fingerprint density at radius 2 is 2.27 bits per heavy atom. The number of nitrogens with one attached hydrogen (secondary N) is 1. The Hall–Kier alpha value is -1.14. The van der Waals surface area contributed by atoms with Crippen molar-refractivity contribution in [3.63, 3.8) is 0 Å². The predicted molar refractivity (Wildman–Crippen MR) is 51.7 cm³/mol. The number of hydrogen-bond acceptors (Lipinski definition) is 3. The first-order valence-electron chi connectivity index (χ1n) is 4.44. The van der Waals surface area contributed by atoms with Gasteiger partial charge in [0.15, 0.2) is 0 Å². The molecule has 1 aromatic carbocycles. The molecule has 0 saturated heterocycles. The van der Waals surface area contributed by atoms with Crippen LogP contribution in [0.1, 0.15) is 6.92 Å². The van der Waals surface area contributed by atoms with Gasteiger partial charge in [-0.3, -0.25) is 0 Å². The van der Waals surface area contributed by atoms with Crippen molar-refractivity contribution >= 4 is 10.0 Å². The zero-order chi connectivity index (χ0) is 11.1. The highest BCUT2D eigenvalue weighted by Crippen LogP contribution is 2.26. The summed E-state index contributed by atoms with van der Waals surface area (Å²) in [6.07, 6.45) is 0. The Balaban J connectivity index is 2.58. The molecule has 82 valence electrons. The second kappa shape index (κ2) is 3.46. The van der Waals surface area contributed by atoms with Gasteiger partial charge in [0.25, 0.3) is 0 Å². The molecule has 0 aromatic heterocycles. The van der Waals surface area contributed by atoms with Gasteiger partial charge in [0.05, 0.1) is 6.04 Å². The molecule has 1 aromatic rings. The highest BCUT2D eigenvalue weighted by molar-refractivity contribution is 7.89. The molecule has 1 heterocycles. The molecule has 0 saturated carbocycles. The summed E-state index contributed by atoms with van der Waals surface area (Å²) in [5.74, 6) is -0.453. The van der Waals surface area contributed by atoms with Crippen LogP contribution in [-0.2, 0) is 10.0 Å². The summed E-state index contributed by atoms with van der Waals surface area (Å²) < 4.78 is 43.9. The van der Waals surface area contributed by atoms with Gasteiger partial charge in [0.2, 0.25) is 10.0 Å². The maximum Gasteiger partial charge on any atom is 0.244 e. The molecule has 1 aliphatic heterocycles. The van der Waals surface area contributed by atoms with Crippen LogP contribution in [-0.4, -0.2) is 21.1 Å². The number of ether oxygens (including phenoxy) is 1. The summed E-state index contributed by atoms with van der Waals surface area (Å²) >= 11 is 0. The molecular formula is C9H10FNO3S. The van der Waals surface area contributed by atoms with Gasteiger partial charge in [0.1, 0.15) is 23.1 Å². The molecule has 6 heteroatoms. The van der Waals surface area contributed by atoms with E-state index in [-0.39, 0.29) is 23.3 Å². The molecule has 0 radical (unpaired) electrons. The number of fused-ring (bicyclic) bond motifs is 1. The van der Waals surface area contributed by atoms with E-state index in [0.29, 0.717) is 0 Å². The fourth-order valence-electron chi connectivity index (χ4n) is 1.39. The normalized spacial score (nSPS) is 23.7. The Bertz CT molecular complexity index is 486.